The van der Waals surface area contributed by atoms with Gasteiger partial charge in [-0.25, -0.2) is 4.68 Å². The largest absolute Gasteiger partial charge is 0.350 e. The van der Waals surface area contributed by atoms with Crippen LogP contribution in [0.15, 0.2) is 30.3 Å². The number of nitrogens with one attached hydrogen (secondary N) is 1. The number of carbonyl (C=O) groups excluding carboxylic acids is 1. The van der Waals surface area contributed by atoms with Gasteiger partial charge in [0.25, 0.3) is 5.91 Å². The normalized spacial score (nSPS) is 12.2. The number of benzene rings is 1. The van der Waals surface area contributed by atoms with Crippen LogP contribution in [0.25, 0.3) is 5.69 Å². The third-order valence-electron chi connectivity index (χ3n) is 3.37. The van der Waals surface area contributed by atoms with Crippen molar-refractivity contribution in [2.45, 2.75) is 40.2 Å². The van der Waals surface area contributed by atoms with Gasteiger partial charge in [-0.3, -0.25) is 4.79 Å². The summed E-state index contributed by atoms with van der Waals surface area (Å²) in [5.41, 5.74) is 3.71. The van der Waals surface area contributed by atoms with Gasteiger partial charge in [-0.15, -0.1) is 0 Å². The van der Waals surface area contributed by atoms with Gasteiger partial charge in [0.2, 0.25) is 0 Å². The SMILES string of the molecule is CCC(C)NC(=O)c1ccc(-n2nc(C)cc2C)cc1. The fraction of sp³-hybridized carbons (Fsp3) is 0.375. The Morgan fingerprint density at radius 2 is 1.95 bits per heavy atom. The minimum Gasteiger partial charge on any atom is -0.350 e. The second-order valence-electron chi connectivity index (χ2n) is 5.17. The van der Waals surface area contributed by atoms with Crippen LogP contribution in [0.4, 0.5) is 0 Å². The molecule has 1 heterocycles. The van der Waals surface area contributed by atoms with E-state index in [4.69, 9.17) is 0 Å². The molecule has 1 atom stereocenters. The van der Waals surface area contributed by atoms with Crippen molar-refractivity contribution in [2.24, 2.45) is 0 Å². The fourth-order valence-electron chi connectivity index (χ4n) is 2.05. The summed E-state index contributed by atoms with van der Waals surface area (Å²) < 4.78 is 1.88. The van der Waals surface area contributed by atoms with Crippen molar-refractivity contribution in [1.29, 1.82) is 0 Å². The Balaban J connectivity index is 2.18. The number of nitrogens with zero attached hydrogens (tertiary/aromatic N) is 2. The number of carbonyl (C=O) groups is 1. The summed E-state index contributed by atoms with van der Waals surface area (Å²) in [7, 11) is 0. The first kappa shape index (κ1) is 14.3. The predicted molar refractivity (Wildman–Crippen MR) is 80.3 cm³/mol. The molecule has 0 fully saturated rings. The van der Waals surface area contributed by atoms with E-state index < -0.39 is 0 Å². The van der Waals surface area contributed by atoms with Crippen LogP contribution in [0.5, 0.6) is 0 Å². The number of hydrogen-bond acceptors (Lipinski definition) is 2. The molecule has 0 aliphatic heterocycles. The first-order valence-electron chi connectivity index (χ1n) is 6.96. The second kappa shape index (κ2) is 5.90. The smallest absolute Gasteiger partial charge is 0.251 e. The number of aryl methyl sites for hydroxylation is 2. The highest BCUT2D eigenvalue weighted by atomic mass is 16.1. The summed E-state index contributed by atoms with van der Waals surface area (Å²) in [6.07, 6.45) is 0.926. The third kappa shape index (κ3) is 3.07. The van der Waals surface area contributed by atoms with E-state index in [1.807, 2.05) is 55.8 Å². The minimum absolute atomic E-state index is 0.0285. The number of rotatable bonds is 4. The van der Waals surface area contributed by atoms with E-state index >= 15 is 0 Å². The van der Waals surface area contributed by atoms with E-state index in [1.54, 1.807) is 0 Å². The molecule has 0 saturated heterocycles. The Labute approximate surface area is 119 Å². The van der Waals surface area contributed by atoms with Crippen LogP contribution in [0.1, 0.15) is 42.0 Å². The Bertz CT molecular complexity index is 599. The molecule has 2 rings (SSSR count). The topological polar surface area (TPSA) is 46.9 Å². The van der Waals surface area contributed by atoms with Crippen molar-refractivity contribution in [2.75, 3.05) is 0 Å². The highest BCUT2D eigenvalue weighted by Gasteiger charge is 2.09. The van der Waals surface area contributed by atoms with E-state index in [0.29, 0.717) is 5.56 Å². The van der Waals surface area contributed by atoms with Gasteiger partial charge < -0.3 is 5.32 Å². The summed E-state index contributed by atoms with van der Waals surface area (Å²) in [6, 6.07) is 9.74. The summed E-state index contributed by atoms with van der Waals surface area (Å²) in [6.45, 7) is 8.04. The van der Waals surface area contributed by atoms with Crippen molar-refractivity contribution in [3.8, 4) is 5.69 Å². The van der Waals surface area contributed by atoms with Crippen molar-refractivity contribution in [1.82, 2.24) is 15.1 Å². The highest BCUT2D eigenvalue weighted by Crippen LogP contribution is 2.13. The molecule has 0 bridgehead atoms. The average Bonchev–Trinajstić information content (AvgIpc) is 2.77. The molecule has 0 aliphatic carbocycles. The molecule has 1 aromatic heterocycles. The lowest BCUT2D eigenvalue weighted by molar-refractivity contribution is 0.0939. The van der Waals surface area contributed by atoms with Gasteiger partial charge in [0.15, 0.2) is 0 Å². The molecule has 4 heteroatoms. The van der Waals surface area contributed by atoms with Gasteiger partial charge in [-0.2, -0.15) is 5.10 Å². The second-order valence-corrected chi connectivity index (χ2v) is 5.17. The molecule has 1 N–H and O–H groups in total. The molecular formula is C16H21N3O. The van der Waals surface area contributed by atoms with Crippen LogP contribution >= 0.6 is 0 Å². The van der Waals surface area contributed by atoms with Crippen molar-refractivity contribution in [3.63, 3.8) is 0 Å². The Hall–Kier alpha value is -2.10. The van der Waals surface area contributed by atoms with Crippen molar-refractivity contribution >= 4 is 5.91 Å². The maximum atomic E-state index is 12.0. The molecule has 106 valence electrons. The zero-order valence-electron chi connectivity index (χ0n) is 12.5. The molecule has 20 heavy (non-hydrogen) atoms. The molecule has 1 aromatic carbocycles. The van der Waals surface area contributed by atoms with Crippen LogP contribution < -0.4 is 5.32 Å². The lowest BCUT2D eigenvalue weighted by Gasteiger charge is -2.11. The molecule has 2 aromatic rings. The van der Waals surface area contributed by atoms with E-state index in [2.05, 4.69) is 17.3 Å². The minimum atomic E-state index is -0.0285. The molecule has 1 unspecified atom stereocenters. The maximum Gasteiger partial charge on any atom is 0.251 e. The van der Waals surface area contributed by atoms with Gasteiger partial charge in [0.05, 0.1) is 11.4 Å². The van der Waals surface area contributed by atoms with E-state index in [-0.39, 0.29) is 11.9 Å². The van der Waals surface area contributed by atoms with Gasteiger partial charge in [0.1, 0.15) is 0 Å². The quantitative estimate of drug-likeness (QED) is 0.929. The summed E-state index contributed by atoms with van der Waals surface area (Å²) in [5, 5.41) is 7.39. The standard InChI is InChI=1S/C16H21N3O/c1-5-11(2)17-16(20)14-6-8-15(9-7-14)19-13(4)10-12(3)18-19/h6-11H,5H2,1-4H3,(H,17,20). The predicted octanol–water partition coefficient (Wildman–Crippen LogP) is 3.02. The number of hydrogen-bond donors (Lipinski definition) is 1. The molecule has 1 amide bonds. The highest BCUT2D eigenvalue weighted by molar-refractivity contribution is 5.94. The Kier molecular flexibility index (Phi) is 4.23. The molecule has 4 nitrogen and oxygen atoms in total. The van der Waals surface area contributed by atoms with Crippen LogP contribution in [-0.4, -0.2) is 21.7 Å². The lowest BCUT2D eigenvalue weighted by Crippen LogP contribution is -2.31. The lowest BCUT2D eigenvalue weighted by atomic mass is 10.1. The molecule has 0 saturated carbocycles. The number of amides is 1. The van der Waals surface area contributed by atoms with Gasteiger partial charge in [0, 0.05) is 17.3 Å². The first-order valence-corrected chi connectivity index (χ1v) is 6.96. The Morgan fingerprint density at radius 1 is 1.30 bits per heavy atom. The van der Waals surface area contributed by atoms with E-state index in [1.165, 1.54) is 0 Å². The molecule has 0 aliphatic rings. The van der Waals surface area contributed by atoms with Gasteiger partial charge in [-0.05, 0) is 57.5 Å². The maximum absolute atomic E-state index is 12.0. The summed E-state index contributed by atoms with van der Waals surface area (Å²) >= 11 is 0. The molecular weight excluding hydrogens is 250 g/mol. The fourth-order valence-corrected chi connectivity index (χ4v) is 2.05. The summed E-state index contributed by atoms with van der Waals surface area (Å²) in [4.78, 5) is 12.0. The van der Waals surface area contributed by atoms with Crippen LogP contribution in [0.2, 0.25) is 0 Å². The molecule has 0 spiro atoms. The zero-order chi connectivity index (χ0) is 14.7. The van der Waals surface area contributed by atoms with Crippen LogP contribution in [0, 0.1) is 13.8 Å². The first-order chi connectivity index (χ1) is 9.51. The van der Waals surface area contributed by atoms with E-state index in [0.717, 1.165) is 23.5 Å². The zero-order valence-corrected chi connectivity index (χ0v) is 12.5. The monoisotopic (exact) mass is 271 g/mol. The average molecular weight is 271 g/mol. The van der Waals surface area contributed by atoms with Crippen molar-refractivity contribution < 1.29 is 4.79 Å². The number of aromatic nitrogens is 2. The van der Waals surface area contributed by atoms with Crippen LogP contribution in [0.3, 0.4) is 0 Å². The van der Waals surface area contributed by atoms with E-state index in [9.17, 15) is 4.79 Å². The third-order valence-corrected chi connectivity index (χ3v) is 3.37. The van der Waals surface area contributed by atoms with Gasteiger partial charge in [-0.1, -0.05) is 6.92 Å². The summed E-state index contributed by atoms with van der Waals surface area (Å²) in [5.74, 6) is -0.0285. The van der Waals surface area contributed by atoms with Crippen molar-refractivity contribution in [3.05, 3.63) is 47.3 Å². The van der Waals surface area contributed by atoms with Crippen LogP contribution in [-0.2, 0) is 0 Å². The van der Waals surface area contributed by atoms with Gasteiger partial charge >= 0.3 is 0 Å². The molecule has 0 radical (unpaired) electrons. The Morgan fingerprint density at radius 3 is 2.45 bits per heavy atom.